The molecule has 0 spiro atoms. The molecule has 0 amide bonds. The molecule has 4 aromatic carbocycles. The third-order valence-corrected chi connectivity index (χ3v) is 7.89. The number of rotatable bonds is 0. The van der Waals surface area contributed by atoms with Crippen LogP contribution in [-0.2, 0) is 10.8 Å². The first-order valence-corrected chi connectivity index (χ1v) is 12.7. The van der Waals surface area contributed by atoms with Crippen molar-refractivity contribution >= 4 is 39.4 Å². The molecule has 5 aromatic rings. The lowest BCUT2D eigenvalue weighted by molar-refractivity contribution is 0.488. The smallest absolute Gasteiger partial charge is 0.361 e. The number of hydrogen-bond acceptors (Lipinski definition) is 2. The average Bonchev–Trinajstić information content (AvgIpc) is 3.32. The van der Waals surface area contributed by atoms with Gasteiger partial charge in [0.25, 0.3) is 5.56 Å². The predicted octanol–water partition coefficient (Wildman–Crippen LogP) is 5.61. The van der Waals surface area contributed by atoms with Crippen molar-refractivity contribution in [2.45, 2.75) is 52.4 Å². The van der Waals surface area contributed by atoms with Crippen molar-refractivity contribution in [3.63, 3.8) is 0 Å². The van der Waals surface area contributed by atoms with Crippen LogP contribution in [0.4, 0.5) is 0 Å². The van der Waals surface area contributed by atoms with Crippen molar-refractivity contribution in [2.24, 2.45) is 0 Å². The normalized spacial score (nSPS) is 14.1. The highest BCUT2D eigenvalue weighted by Gasteiger charge is 2.45. The van der Waals surface area contributed by atoms with E-state index in [1.807, 2.05) is 16.7 Å². The van der Waals surface area contributed by atoms with Crippen molar-refractivity contribution in [2.75, 3.05) is 0 Å². The van der Waals surface area contributed by atoms with Crippen LogP contribution < -0.4 is 21.2 Å². The molecule has 0 unspecified atom stereocenters. The zero-order chi connectivity index (χ0) is 25.1. The molecule has 0 radical (unpaired) electrons. The molecule has 36 heavy (non-hydrogen) atoms. The molecule has 7 rings (SSSR count). The summed E-state index contributed by atoms with van der Waals surface area (Å²) in [5.41, 5.74) is 6.38. The summed E-state index contributed by atoms with van der Waals surface area (Å²) in [6.45, 7) is 13.0. The van der Waals surface area contributed by atoms with E-state index in [1.165, 1.54) is 11.1 Å². The molecule has 1 aromatic heterocycles. The summed E-state index contributed by atoms with van der Waals surface area (Å²) >= 11 is 0. The van der Waals surface area contributed by atoms with Crippen LogP contribution >= 0.6 is 0 Å². The number of nitrogens with zero attached hydrogens (tertiary/aromatic N) is 2. The summed E-state index contributed by atoms with van der Waals surface area (Å²) < 4.78 is 10.8. The number of benzene rings is 4. The van der Waals surface area contributed by atoms with Gasteiger partial charge in [0.05, 0.1) is 16.6 Å². The van der Waals surface area contributed by atoms with E-state index < -0.39 is 0 Å². The highest BCUT2D eigenvalue weighted by atomic mass is 16.5. The van der Waals surface area contributed by atoms with Gasteiger partial charge in [-0.15, -0.1) is 0 Å². The Labute approximate surface area is 211 Å². The molecule has 2 aliphatic rings. The lowest BCUT2D eigenvalue weighted by Gasteiger charge is -2.27. The lowest BCUT2D eigenvalue weighted by atomic mass is 9.49. The highest BCUT2D eigenvalue weighted by molar-refractivity contribution is 6.87. The molecule has 0 saturated heterocycles. The summed E-state index contributed by atoms with van der Waals surface area (Å²) in [5, 5.41) is 2.97. The fraction of sp³-hybridized carbons (Fsp3) is 0.258. The van der Waals surface area contributed by atoms with Crippen LogP contribution in [0.5, 0.6) is 11.5 Å². The van der Waals surface area contributed by atoms with Crippen molar-refractivity contribution in [1.29, 1.82) is 0 Å². The van der Waals surface area contributed by atoms with Gasteiger partial charge < -0.3 is 4.74 Å². The van der Waals surface area contributed by atoms with Crippen LogP contribution in [0.25, 0.3) is 27.4 Å². The van der Waals surface area contributed by atoms with Crippen molar-refractivity contribution in [3.05, 3.63) is 88.2 Å². The van der Waals surface area contributed by atoms with Crippen LogP contribution in [-0.4, -0.2) is 16.1 Å². The van der Waals surface area contributed by atoms with E-state index in [4.69, 9.17) is 4.74 Å². The zero-order valence-corrected chi connectivity index (χ0v) is 21.6. The Morgan fingerprint density at radius 3 is 2.28 bits per heavy atom. The molecular formula is C31H29BN2O2. The van der Waals surface area contributed by atoms with Gasteiger partial charge in [-0.2, -0.15) is 0 Å². The SMILES string of the molecule is CC(C)(C)c1cc2c3c(c1)-n1c4ccc(C(C)(C)C)cc4c(=O)n1B3c1ccc3ccccc3c1O2. The molecular weight excluding hydrogens is 443 g/mol. The fourth-order valence-electron chi connectivity index (χ4n) is 5.86. The van der Waals surface area contributed by atoms with Crippen LogP contribution in [0.15, 0.2) is 71.5 Å². The van der Waals surface area contributed by atoms with Crippen LogP contribution in [0.1, 0.15) is 52.7 Å². The Bertz CT molecular complexity index is 1810. The first-order valence-electron chi connectivity index (χ1n) is 12.7. The van der Waals surface area contributed by atoms with Crippen molar-refractivity contribution < 1.29 is 4.74 Å². The zero-order valence-electron chi connectivity index (χ0n) is 21.6. The maximum Gasteiger partial charge on any atom is 0.361 e. The second-order valence-electron chi connectivity index (χ2n) is 12.3. The van der Waals surface area contributed by atoms with Gasteiger partial charge in [-0.3, -0.25) is 14.1 Å². The summed E-state index contributed by atoms with van der Waals surface area (Å²) in [6, 6.07) is 23.4. The lowest BCUT2D eigenvalue weighted by Crippen LogP contribution is -2.52. The van der Waals surface area contributed by atoms with E-state index in [2.05, 4.69) is 101 Å². The van der Waals surface area contributed by atoms with Gasteiger partial charge in [-0.1, -0.05) is 84.0 Å². The molecule has 5 heteroatoms. The van der Waals surface area contributed by atoms with E-state index in [0.29, 0.717) is 0 Å². The number of aromatic nitrogens is 2. The topological polar surface area (TPSA) is 36.2 Å². The van der Waals surface area contributed by atoms with Gasteiger partial charge in [0.1, 0.15) is 11.5 Å². The Kier molecular flexibility index (Phi) is 4.03. The Morgan fingerprint density at radius 1 is 0.778 bits per heavy atom. The second-order valence-corrected chi connectivity index (χ2v) is 12.3. The molecule has 3 heterocycles. The number of ether oxygens (including phenoxy) is 1. The third-order valence-electron chi connectivity index (χ3n) is 7.89. The largest absolute Gasteiger partial charge is 0.458 e. The average molecular weight is 472 g/mol. The highest BCUT2D eigenvalue weighted by Crippen LogP contribution is 2.39. The summed E-state index contributed by atoms with van der Waals surface area (Å²) in [7, 11) is 0. The van der Waals surface area contributed by atoms with Gasteiger partial charge in [0, 0.05) is 10.8 Å². The summed E-state index contributed by atoms with van der Waals surface area (Å²) in [4.78, 5) is 14.1. The Morgan fingerprint density at radius 2 is 1.53 bits per heavy atom. The molecule has 0 N–H and O–H groups in total. The standard InChI is InChI=1S/C31H29BN2O2/c1-30(2,3)19-12-14-24-22(15-19)29(35)34-32-23-13-11-18-9-7-8-10-21(18)28(23)36-26-17-20(31(4,5)6)16-25(27(26)32)33(24)34/h7-17H,1-6H3. The fourth-order valence-corrected chi connectivity index (χ4v) is 5.86. The second kappa shape index (κ2) is 6.73. The van der Waals surface area contributed by atoms with E-state index >= 15 is 0 Å². The van der Waals surface area contributed by atoms with Gasteiger partial charge in [0.2, 0.25) is 0 Å². The maximum atomic E-state index is 14.1. The van der Waals surface area contributed by atoms with Crippen molar-refractivity contribution in [1.82, 2.24) is 9.27 Å². The van der Waals surface area contributed by atoms with Crippen molar-refractivity contribution in [3.8, 4) is 17.2 Å². The molecule has 0 atom stereocenters. The molecule has 0 aliphatic carbocycles. The molecule has 178 valence electrons. The van der Waals surface area contributed by atoms with E-state index in [0.717, 1.165) is 49.8 Å². The molecule has 0 saturated carbocycles. The van der Waals surface area contributed by atoms with Crippen LogP contribution in [0, 0.1) is 0 Å². The Hall–Kier alpha value is -3.73. The van der Waals surface area contributed by atoms with Crippen LogP contribution in [0.2, 0.25) is 0 Å². The van der Waals surface area contributed by atoms with Gasteiger partial charge in [0.15, 0.2) is 0 Å². The quantitative estimate of drug-likeness (QED) is 0.269. The van der Waals surface area contributed by atoms with Crippen LogP contribution in [0.3, 0.4) is 0 Å². The van der Waals surface area contributed by atoms with E-state index in [9.17, 15) is 4.79 Å². The Balaban J connectivity index is 1.62. The molecule has 0 bridgehead atoms. The third kappa shape index (κ3) is 2.74. The number of fused-ring (bicyclic) bond motifs is 9. The maximum absolute atomic E-state index is 14.1. The predicted molar refractivity (Wildman–Crippen MR) is 149 cm³/mol. The molecule has 4 nitrogen and oxygen atoms in total. The van der Waals surface area contributed by atoms with Gasteiger partial charge in [-0.05, 0) is 57.1 Å². The first-order chi connectivity index (χ1) is 17.0. The minimum absolute atomic E-state index is 0.0354. The number of hydrogen-bond donors (Lipinski definition) is 0. The monoisotopic (exact) mass is 472 g/mol. The van der Waals surface area contributed by atoms with Gasteiger partial charge in [-0.25, -0.2) is 0 Å². The molecule has 2 aliphatic heterocycles. The first kappa shape index (κ1) is 21.5. The molecule has 0 fully saturated rings. The van der Waals surface area contributed by atoms with E-state index in [-0.39, 0.29) is 23.2 Å². The summed E-state index contributed by atoms with van der Waals surface area (Å²) in [5.74, 6) is 1.70. The minimum Gasteiger partial charge on any atom is -0.458 e. The summed E-state index contributed by atoms with van der Waals surface area (Å²) in [6.07, 6.45) is 0. The minimum atomic E-state index is -0.227. The van der Waals surface area contributed by atoms with Gasteiger partial charge >= 0.3 is 6.85 Å². The van der Waals surface area contributed by atoms with E-state index in [1.54, 1.807) is 0 Å².